The molecule has 0 radical (unpaired) electrons. The molecule has 20 heavy (non-hydrogen) atoms. The Morgan fingerprint density at radius 3 is 2.60 bits per heavy atom. The zero-order valence-electron chi connectivity index (χ0n) is 11.1. The second-order valence-corrected chi connectivity index (χ2v) is 7.33. The van der Waals surface area contributed by atoms with Crippen LogP contribution in [0.3, 0.4) is 0 Å². The highest BCUT2D eigenvalue weighted by Crippen LogP contribution is 2.45. The second kappa shape index (κ2) is 6.17. The minimum atomic E-state index is 0.0513. The van der Waals surface area contributed by atoms with Gasteiger partial charge in [0.2, 0.25) is 5.91 Å². The van der Waals surface area contributed by atoms with Crippen LogP contribution in [-0.4, -0.2) is 22.6 Å². The van der Waals surface area contributed by atoms with E-state index in [0.29, 0.717) is 21.8 Å². The van der Waals surface area contributed by atoms with Gasteiger partial charge in [-0.05, 0) is 25.0 Å². The van der Waals surface area contributed by atoms with Gasteiger partial charge in [-0.1, -0.05) is 48.5 Å². The van der Waals surface area contributed by atoms with Crippen LogP contribution in [-0.2, 0) is 4.79 Å². The molecule has 0 bridgehead atoms. The number of carbonyl (C=O) groups excluding carboxylic acids is 1. The van der Waals surface area contributed by atoms with E-state index in [1.165, 1.54) is 19.3 Å². The van der Waals surface area contributed by atoms with E-state index in [9.17, 15) is 4.79 Å². The summed E-state index contributed by atoms with van der Waals surface area (Å²) in [5.74, 6) is 0.804. The van der Waals surface area contributed by atoms with E-state index < -0.39 is 0 Å². The van der Waals surface area contributed by atoms with Crippen LogP contribution in [0, 0.1) is 0 Å². The molecule has 1 heterocycles. The van der Waals surface area contributed by atoms with Crippen molar-refractivity contribution in [2.45, 2.75) is 43.5 Å². The molecule has 1 saturated heterocycles. The summed E-state index contributed by atoms with van der Waals surface area (Å²) in [5.41, 5.74) is 1.01. The zero-order valence-corrected chi connectivity index (χ0v) is 13.5. The molecule has 2 aliphatic rings. The van der Waals surface area contributed by atoms with Gasteiger partial charge in [0, 0.05) is 21.7 Å². The number of halogens is 2. The average Bonchev–Trinajstić information content (AvgIpc) is 2.81. The fourth-order valence-electron chi connectivity index (χ4n) is 3.13. The molecule has 0 spiro atoms. The zero-order chi connectivity index (χ0) is 14.1. The maximum Gasteiger partial charge on any atom is 0.234 e. The Morgan fingerprint density at radius 1 is 1.15 bits per heavy atom. The molecule has 108 valence electrons. The Morgan fingerprint density at radius 2 is 1.90 bits per heavy atom. The Hall–Kier alpha value is -0.380. The van der Waals surface area contributed by atoms with Crippen LogP contribution in [0.15, 0.2) is 18.2 Å². The van der Waals surface area contributed by atoms with Crippen LogP contribution in [0.5, 0.6) is 0 Å². The van der Waals surface area contributed by atoms with Gasteiger partial charge in [-0.2, -0.15) is 0 Å². The molecule has 0 aromatic heterocycles. The van der Waals surface area contributed by atoms with E-state index in [2.05, 4.69) is 4.90 Å². The first-order valence-electron chi connectivity index (χ1n) is 7.04. The van der Waals surface area contributed by atoms with Gasteiger partial charge in [-0.3, -0.25) is 4.79 Å². The van der Waals surface area contributed by atoms with Gasteiger partial charge in [0.1, 0.15) is 5.37 Å². The maximum atomic E-state index is 12.3. The highest BCUT2D eigenvalue weighted by molar-refractivity contribution is 8.00. The molecule has 1 atom stereocenters. The smallest absolute Gasteiger partial charge is 0.234 e. The Labute approximate surface area is 133 Å². The van der Waals surface area contributed by atoms with Crippen molar-refractivity contribution < 1.29 is 4.79 Å². The first kappa shape index (κ1) is 14.6. The van der Waals surface area contributed by atoms with Crippen molar-refractivity contribution in [1.82, 2.24) is 4.90 Å². The van der Waals surface area contributed by atoms with Gasteiger partial charge < -0.3 is 4.90 Å². The van der Waals surface area contributed by atoms with Crippen molar-refractivity contribution >= 4 is 40.9 Å². The van der Waals surface area contributed by atoms with E-state index >= 15 is 0 Å². The third-order valence-electron chi connectivity index (χ3n) is 4.10. The number of rotatable bonds is 2. The van der Waals surface area contributed by atoms with Gasteiger partial charge in [0.05, 0.1) is 5.75 Å². The largest absolute Gasteiger partial charge is 0.323 e. The van der Waals surface area contributed by atoms with Crippen molar-refractivity contribution in [3.05, 3.63) is 33.8 Å². The first-order chi connectivity index (χ1) is 9.66. The summed E-state index contributed by atoms with van der Waals surface area (Å²) in [6, 6.07) is 5.95. The molecule has 2 nitrogen and oxygen atoms in total. The summed E-state index contributed by atoms with van der Waals surface area (Å²) in [6.07, 6.45) is 5.97. The van der Waals surface area contributed by atoms with Crippen molar-refractivity contribution in [1.29, 1.82) is 0 Å². The maximum absolute atomic E-state index is 12.3. The second-order valence-electron chi connectivity index (χ2n) is 5.42. The lowest BCUT2D eigenvalue weighted by atomic mass is 9.93. The SMILES string of the molecule is O=C1CSC(c2ccc(Cl)cc2Cl)N1C1CCCCC1. The molecule has 1 aliphatic heterocycles. The third-order valence-corrected chi connectivity index (χ3v) is 5.87. The van der Waals surface area contributed by atoms with Gasteiger partial charge in [-0.25, -0.2) is 0 Å². The monoisotopic (exact) mass is 329 g/mol. The summed E-state index contributed by atoms with van der Waals surface area (Å²) in [6.45, 7) is 0. The fraction of sp³-hybridized carbons (Fsp3) is 0.533. The molecule has 1 saturated carbocycles. The minimum absolute atomic E-state index is 0.0513. The number of hydrogen-bond donors (Lipinski definition) is 0. The van der Waals surface area contributed by atoms with Gasteiger partial charge in [0.25, 0.3) is 0 Å². The molecule has 0 N–H and O–H groups in total. The van der Waals surface area contributed by atoms with Crippen molar-refractivity contribution in [2.24, 2.45) is 0 Å². The molecule has 1 aromatic rings. The number of amides is 1. The van der Waals surface area contributed by atoms with Gasteiger partial charge >= 0.3 is 0 Å². The predicted molar refractivity (Wildman–Crippen MR) is 85.4 cm³/mol. The molecule has 2 fully saturated rings. The van der Waals surface area contributed by atoms with E-state index in [1.807, 2.05) is 12.1 Å². The molecule has 3 rings (SSSR count). The number of benzene rings is 1. The van der Waals surface area contributed by atoms with Gasteiger partial charge in [0.15, 0.2) is 0 Å². The Balaban J connectivity index is 1.88. The van der Waals surface area contributed by atoms with E-state index in [4.69, 9.17) is 23.2 Å². The van der Waals surface area contributed by atoms with Crippen LogP contribution in [0.2, 0.25) is 10.0 Å². The van der Waals surface area contributed by atoms with E-state index in [0.717, 1.165) is 18.4 Å². The van der Waals surface area contributed by atoms with Crippen LogP contribution in [0.4, 0.5) is 0 Å². The molecule has 1 unspecified atom stereocenters. The minimum Gasteiger partial charge on any atom is -0.323 e. The van der Waals surface area contributed by atoms with Gasteiger partial charge in [-0.15, -0.1) is 11.8 Å². The standard InChI is InChI=1S/C15H17Cl2NOS/c16-10-6-7-12(13(17)8-10)15-18(14(19)9-20-15)11-4-2-1-3-5-11/h6-8,11,15H,1-5,9H2. The quantitative estimate of drug-likeness (QED) is 0.769. The number of nitrogens with zero attached hydrogens (tertiary/aromatic N) is 1. The van der Waals surface area contributed by atoms with Crippen LogP contribution in [0.1, 0.15) is 43.0 Å². The molecule has 1 aromatic carbocycles. The topological polar surface area (TPSA) is 20.3 Å². The van der Waals surface area contributed by atoms with Crippen molar-refractivity contribution in [2.75, 3.05) is 5.75 Å². The van der Waals surface area contributed by atoms with Crippen molar-refractivity contribution in [3.8, 4) is 0 Å². The third kappa shape index (κ3) is 2.81. The van der Waals surface area contributed by atoms with E-state index in [1.54, 1.807) is 17.8 Å². The summed E-state index contributed by atoms with van der Waals surface area (Å²) < 4.78 is 0. The molecular formula is C15H17Cl2NOS. The number of carbonyl (C=O) groups is 1. The van der Waals surface area contributed by atoms with E-state index in [-0.39, 0.29) is 11.3 Å². The van der Waals surface area contributed by atoms with Crippen LogP contribution < -0.4 is 0 Å². The molecule has 1 aliphatic carbocycles. The summed E-state index contributed by atoms with van der Waals surface area (Å²) in [5, 5.41) is 1.35. The highest BCUT2D eigenvalue weighted by atomic mass is 35.5. The number of thioether (sulfide) groups is 1. The Bertz CT molecular complexity index is 517. The highest BCUT2D eigenvalue weighted by Gasteiger charge is 2.38. The molecular weight excluding hydrogens is 313 g/mol. The summed E-state index contributed by atoms with van der Waals surface area (Å²) in [4.78, 5) is 14.3. The molecule has 1 amide bonds. The van der Waals surface area contributed by atoms with Crippen molar-refractivity contribution in [3.63, 3.8) is 0 Å². The lowest BCUT2D eigenvalue weighted by molar-refractivity contribution is -0.131. The van der Waals surface area contributed by atoms with Crippen LogP contribution >= 0.6 is 35.0 Å². The Kier molecular flexibility index (Phi) is 4.49. The molecule has 5 heteroatoms. The number of hydrogen-bond acceptors (Lipinski definition) is 2. The van der Waals surface area contributed by atoms with Crippen LogP contribution in [0.25, 0.3) is 0 Å². The fourth-order valence-corrected chi connectivity index (χ4v) is 4.99. The summed E-state index contributed by atoms with van der Waals surface area (Å²) >= 11 is 14.0. The lowest BCUT2D eigenvalue weighted by Gasteiger charge is -2.35. The lowest BCUT2D eigenvalue weighted by Crippen LogP contribution is -2.39. The average molecular weight is 330 g/mol. The summed E-state index contributed by atoms with van der Waals surface area (Å²) in [7, 11) is 0. The normalized spacial score (nSPS) is 24.4. The predicted octanol–water partition coefficient (Wildman–Crippen LogP) is 4.90. The first-order valence-corrected chi connectivity index (χ1v) is 8.85.